The summed E-state index contributed by atoms with van der Waals surface area (Å²) >= 11 is 0. The van der Waals surface area contributed by atoms with Crippen LogP contribution in [0.25, 0.3) is 0 Å². The second-order valence-corrected chi connectivity index (χ2v) is 5.23. The van der Waals surface area contributed by atoms with E-state index in [0.29, 0.717) is 5.69 Å². The monoisotopic (exact) mass is 320 g/mol. The number of benzene rings is 2. The maximum absolute atomic E-state index is 13.5. The number of amides is 2. The second kappa shape index (κ2) is 7.19. The van der Waals surface area contributed by atoms with Crippen LogP contribution in [0.15, 0.2) is 36.4 Å². The Labute approximate surface area is 133 Å². The van der Waals surface area contributed by atoms with Crippen molar-refractivity contribution in [3.05, 3.63) is 64.7 Å². The predicted molar refractivity (Wildman–Crippen MR) is 84.3 cm³/mol. The molecule has 2 aromatic rings. The Morgan fingerprint density at radius 2 is 1.74 bits per heavy atom. The summed E-state index contributed by atoms with van der Waals surface area (Å²) in [7, 11) is 0. The van der Waals surface area contributed by atoms with E-state index in [9.17, 15) is 18.7 Å². The first-order valence-electron chi connectivity index (χ1n) is 7.13. The maximum atomic E-state index is 13.5. The van der Waals surface area contributed by atoms with E-state index in [0.717, 1.165) is 23.3 Å². The Hall–Kier alpha value is -2.47. The number of hydrogen-bond acceptors (Lipinski definition) is 2. The highest BCUT2D eigenvalue weighted by atomic mass is 19.1. The Morgan fingerprint density at radius 1 is 1.13 bits per heavy atom. The second-order valence-electron chi connectivity index (χ2n) is 5.23. The Balaban J connectivity index is 1.98. The van der Waals surface area contributed by atoms with Crippen molar-refractivity contribution in [2.45, 2.75) is 20.0 Å². The van der Waals surface area contributed by atoms with Crippen molar-refractivity contribution in [3.8, 4) is 0 Å². The molecule has 2 amide bonds. The molecule has 6 heteroatoms. The number of urea groups is 1. The highest BCUT2D eigenvalue weighted by Gasteiger charge is 2.18. The Morgan fingerprint density at radius 3 is 2.39 bits per heavy atom. The van der Waals surface area contributed by atoms with E-state index in [1.807, 2.05) is 26.0 Å². The van der Waals surface area contributed by atoms with Gasteiger partial charge in [0.25, 0.3) is 0 Å². The standard InChI is InChI=1S/C17H18F2N2O2/c1-10-5-3-8-14(11(10)2)21-17(23)20-9-15(22)16-12(18)6-4-7-13(16)19/h3-8,15,22H,9H2,1-2H3,(H2,20,21,23). The summed E-state index contributed by atoms with van der Waals surface area (Å²) in [5.74, 6) is -1.71. The maximum Gasteiger partial charge on any atom is 0.319 e. The quantitative estimate of drug-likeness (QED) is 0.808. The molecule has 0 spiro atoms. The van der Waals surface area contributed by atoms with E-state index >= 15 is 0 Å². The molecule has 0 aliphatic rings. The zero-order valence-electron chi connectivity index (χ0n) is 12.9. The molecule has 2 aromatic carbocycles. The van der Waals surface area contributed by atoms with Crippen LogP contribution in [0.5, 0.6) is 0 Å². The van der Waals surface area contributed by atoms with Gasteiger partial charge in [0.1, 0.15) is 17.7 Å². The summed E-state index contributed by atoms with van der Waals surface area (Å²) < 4.78 is 27.1. The minimum Gasteiger partial charge on any atom is -0.386 e. The van der Waals surface area contributed by atoms with Crippen LogP contribution in [0.1, 0.15) is 22.8 Å². The Bertz CT molecular complexity index is 699. The van der Waals surface area contributed by atoms with Crippen LogP contribution in [-0.4, -0.2) is 17.7 Å². The highest BCUT2D eigenvalue weighted by molar-refractivity contribution is 5.90. The lowest BCUT2D eigenvalue weighted by molar-refractivity contribution is 0.166. The normalized spacial score (nSPS) is 11.9. The van der Waals surface area contributed by atoms with Gasteiger partial charge in [-0.1, -0.05) is 18.2 Å². The molecule has 0 bridgehead atoms. The Kier molecular flexibility index (Phi) is 5.28. The van der Waals surface area contributed by atoms with Gasteiger partial charge < -0.3 is 15.7 Å². The van der Waals surface area contributed by atoms with Gasteiger partial charge in [0.05, 0.1) is 5.56 Å². The third-order valence-electron chi connectivity index (χ3n) is 3.64. The first-order valence-corrected chi connectivity index (χ1v) is 7.13. The van der Waals surface area contributed by atoms with Gasteiger partial charge in [0.2, 0.25) is 0 Å². The lowest BCUT2D eigenvalue weighted by Gasteiger charge is -2.15. The van der Waals surface area contributed by atoms with Gasteiger partial charge in [-0.3, -0.25) is 0 Å². The first kappa shape index (κ1) is 16.9. The zero-order chi connectivity index (χ0) is 17.0. The number of hydrogen-bond donors (Lipinski definition) is 3. The minimum absolute atomic E-state index is 0.311. The van der Waals surface area contributed by atoms with Gasteiger partial charge in [0, 0.05) is 12.2 Å². The molecule has 0 aromatic heterocycles. The first-order chi connectivity index (χ1) is 10.9. The molecule has 1 unspecified atom stereocenters. The number of anilines is 1. The van der Waals surface area contributed by atoms with E-state index in [2.05, 4.69) is 10.6 Å². The summed E-state index contributed by atoms with van der Waals surface area (Å²) in [5, 5.41) is 14.9. The van der Waals surface area contributed by atoms with E-state index in [-0.39, 0.29) is 6.54 Å². The largest absolute Gasteiger partial charge is 0.386 e. The van der Waals surface area contributed by atoms with E-state index < -0.39 is 29.3 Å². The molecule has 23 heavy (non-hydrogen) atoms. The SMILES string of the molecule is Cc1cccc(NC(=O)NCC(O)c2c(F)cccc2F)c1C. The number of aliphatic hydroxyl groups excluding tert-OH is 1. The number of halogens is 2. The van der Waals surface area contributed by atoms with Crippen LogP contribution in [0.2, 0.25) is 0 Å². The van der Waals surface area contributed by atoms with Crippen LogP contribution in [0, 0.1) is 25.5 Å². The molecular formula is C17H18F2N2O2. The molecule has 0 aliphatic carbocycles. The molecular weight excluding hydrogens is 302 g/mol. The minimum atomic E-state index is -1.47. The van der Waals surface area contributed by atoms with Crippen molar-refractivity contribution >= 4 is 11.7 Å². The van der Waals surface area contributed by atoms with E-state index in [1.165, 1.54) is 6.07 Å². The van der Waals surface area contributed by atoms with Gasteiger partial charge in [-0.25, -0.2) is 13.6 Å². The topological polar surface area (TPSA) is 61.4 Å². The summed E-state index contributed by atoms with van der Waals surface area (Å²) in [6, 6.07) is 8.23. The van der Waals surface area contributed by atoms with E-state index in [4.69, 9.17) is 0 Å². The molecule has 0 saturated carbocycles. The van der Waals surface area contributed by atoms with Gasteiger partial charge >= 0.3 is 6.03 Å². The lowest BCUT2D eigenvalue weighted by Crippen LogP contribution is -2.33. The number of carbonyl (C=O) groups excluding carboxylic acids is 1. The molecule has 2 rings (SSSR count). The molecule has 0 heterocycles. The summed E-state index contributed by atoms with van der Waals surface area (Å²) in [6.45, 7) is 3.48. The third kappa shape index (κ3) is 4.04. The van der Waals surface area contributed by atoms with Crippen molar-refractivity contribution in [1.82, 2.24) is 5.32 Å². The van der Waals surface area contributed by atoms with Gasteiger partial charge in [-0.05, 0) is 43.2 Å². The van der Waals surface area contributed by atoms with Crippen LogP contribution in [0.4, 0.5) is 19.3 Å². The van der Waals surface area contributed by atoms with Crippen molar-refractivity contribution in [1.29, 1.82) is 0 Å². The molecule has 0 saturated heterocycles. The smallest absolute Gasteiger partial charge is 0.319 e. The molecule has 0 radical (unpaired) electrons. The van der Waals surface area contributed by atoms with Crippen LogP contribution in [0.3, 0.4) is 0 Å². The molecule has 4 nitrogen and oxygen atoms in total. The van der Waals surface area contributed by atoms with Crippen molar-refractivity contribution in [2.24, 2.45) is 0 Å². The van der Waals surface area contributed by atoms with Crippen molar-refractivity contribution in [2.75, 3.05) is 11.9 Å². The van der Waals surface area contributed by atoms with E-state index in [1.54, 1.807) is 6.07 Å². The summed E-state index contributed by atoms with van der Waals surface area (Å²) in [4.78, 5) is 11.9. The number of carbonyl (C=O) groups is 1. The van der Waals surface area contributed by atoms with Crippen LogP contribution in [-0.2, 0) is 0 Å². The predicted octanol–water partition coefficient (Wildman–Crippen LogP) is 3.44. The fourth-order valence-corrected chi connectivity index (χ4v) is 2.17. The molecule has 0 aliphatic heterocycles. The number of rotatable bonds is 4. The summed E-state index contributed by atoms with van der Waals surface area (Å²) in [5.41, 5.74) is 2.12. The number of aryl methyl sites for hydroxylation is 1. The average Bonchev–Trinajstić information content (AvgIpc) is 2.49. The van der Waals surface area contributed by atoms with Crippen LogP contribution >= 0.6 is 0 Å². The molecule has 3 N–H and O–H groups in total. The van der Waals surface area contributed by atoms with Crippen molar-refractivity contribution in [3.63, 3.8) is 0 Å². The zero-order valence-corrected chi connectivity index (χ0v) is 12.9. The van der Waals surface area contributed by atoms with Gasteiger partial charge in [-0.15, -0.1) is 0 Å². The molecule has 0 fully saturated rings. The number of nitrogens with one attached hydrogen (secondary N) is 2. The summed E-state index contributed by atoms with van der Waals surface area (Å²) in [6.07, 6.45) is -1.47. The molecule has 1 atom stereocenters. The van der Waals surface area contributed by atoms with Gasteiger partial charge in [0.15, 0.2) is 0 Å². The van der Waals surface area contributed by atoms with Crippen LogP contribution < -0.4 is 10.6 Å². The highest BCUT2D eigenvalue weighted by Crippen LogP contribution is 2.20. The lowest BCUT2D eigenvalue weighted by atomic mass is 10.1. The molecule has 122 valence electrons. The van der Waals surface area contributed by atoms with Crippen molar-refractivity contribution < 1.29 is 18.7 Å². The number of aliphatic hydroxyl groups is 1. The third-order valence-corrected chi connectivity index (χ3v) is 3.64. The van der Waals surface area contributed by atoms with Gasteiger partial charge in [-0.2, -0.15) is 0 Å². The fraction of sp³-hybridized carbons (Fsp3) is 0.235. The fourth-order valence-electron chi connectivity index (χ4n) is 2.17. The average molecular weight is 320 g/mol.